The molecule has 1 aromatic carbocycles. The summed E-state index contributed by atoms with van der Waals surface area (Å²) in [5.41, 5.74) is 10.8. The van der Waals surface area contributed by atoms with Crippen LogP contribution in [0, 0.1) is 5.92 Å². The molecule has 3 aliphatic rings. The van der Waals surface area contributed by atoms with Gasteiger partial charge >= 0.3 is 0 Å². The molecule has 0 radical (unpaired) electrons. The Bertz CT molecular complexity index is 705. The van der Waals surface area contributed by atoms with Gasteiger partial charge in [-0.3, -0.25) is 0 Å². The molecule has 3 nitrogen and oxygen atoms in total. The smallest absolute Gasteiger partial charge is 0.0544 e. The summed E-state index contributed by atoms with van der Waals surface area (Å²) < 4.78 is 0. The summed E-state index contributed by atoms with van der Waals surface area (Å²) in [6, 6.07) is 4.28. The standard InChI is InChI=1S/C19H23Cl2N3/c20-14-7-12-1-2-13-8-15(22)10-24-19(13)18(17(12)16(21)9-14)11-3-5-23-6-4-11/h7-11,18-19,23-24H,1-6,22H2. The number of fused-ring (bicyclic) bond motifs is 2. The number of benzene rings is 1. The van der Waals surface area contributed by atoms with Gasteiger partial charge in [-0.15, -0.1) is 0 Å². The second-order valence-corrected chi connectivity index (χ2v) is 7.93. The van der Waals surface area contributed by atoms with Gasteiger partial charge in [0, 0.05) is 27.9 Å². The highest BCUT2D eigenvalue weighted by molar-refractivity contribution is 6.35. The Labute approximate surface area is 153 Å². The molecule has 1 aliphatic carbocycles. The van der Waals surface area contributed by atoms with E-state index >= 15 is 0 Å². The van der Waals surface area contributed by atoms with Crippen LogP contribution in [0.15, 0.2) is 35.7 Å². The van der Waals surface area contributed by atoms with E-state index in [0.29, 0.717) is 11.8 Å². The molecule has 0 saturated carbocycles. The van der Waals surface area contributed by atoms with E-state index in [2.05, 4.69) is 22.8 Å². The average Bonchev–Trinajstić information content (AvgIpc) is 2.72. The fraction of sp³-hybridized carbons (Fsp3) is 0.474. The molecule has 1 fully saturated rings. The zero-order chi connectivity index (χ0) is 16.7. The van der Waals surface area contributed by atoms with Crippen molar-refractivity contribution < 1.29 is 0 Å². The summed E-state index contributed by atoms with van der Waals surface area (Å²) in [4.78, 5) is 0. The fourth-order valence-electron chi connectivity index (χ4n) is 4.58. The average molecular weight is 364 g/mol. The van der Waals surface area contributed by atoms with Gasteiger partial charge in [-0.05, 0) is 79.6 Å². The van der Waals surface area contributed by atoms with Crippen molar-refractivity contribution in [2.24, 2.45) is 11.7 Å². The first-order valence-corrected chi connectivity index (χ1v) is 9.50. The van der Waals surface area contributed by atoms with Crippen LogP contribution in [-0.2, 0) is 6.42 Å². The Balaban J connectivity index is 1.83. The monoisotopic (exact) mass is 363 g/mol. The summed E-state index contributed by atoms with van der Waals surface area (Å²) in [5, 5.41) is 8.59. The largest absolute Gasteiger partial charge is 0.398 e. The number of piperidine rings is 1. The van der Waals surface area contributed by atoms with Crippen LogP contribution in [0.3, 0.4) is 0 Å². The fourth-order valence-corrected chi connectivity index (χ4v) is 5.24. The molecule has 2 atom stereocenters. The summed E-state index contributed by atoms with van der Waals surface area (Å²) >= 11 is 13.0. The van der Waals surface area contributed by atoms with Gasteiger partial charge in [0.25, 0.3) is 0 Å². The number of hydrogen-bond acceptors (Lipinski definition) is 3. The molecule has 0 spiro atoms. The Morgan fingerprint density at radius 3 is 2.67 bits per heavy atom. The highest BCUT2D eigenvalue weighted by Crippen LogP contribution is 2.45. The van der Waals surface area contributed by atoms with Crippen molar-refractivity contribution in [2.45, 2.75) is 37.6 Å². The van der Waals surface area contributed by atoms with Crippen LogP contribution in [0.5, 0.6) is 0 Å². The molecule has 0 amide bonds. The number of nitrogens with two attached hydrogens (primary N) is 1. The molecule has 128 valence electrons. The topological polar surface area (TPSA) is 50.1 Å². The van der Waals surface area contributed by atoms with E-state index in [1.807, 2.05) is 12.3 Å². The van der Waals surface area contributed by atoms with Crippen LogP contribution < -0.4 is 16.4 Å². The molecule has 24 heavy (non-hydrogen) atoms. The van der Waals surface area contributed by atoms with E-state index in [1.165, 1.54) is 29.5 Å². The maximum atomic E-state index is 6.71. The van der Waals surface area contributed by atoms with Crippen molar-refractivity contribution in [3.8, 4) is 0 Å². The van der Waals surface area contributed by atoms with E-state index < -0.39 is 0 Å². The zero-order valence-electron chi connectivity index (χ0n) is 13.6. The number of hydrogen-bond donors (Lipinski definition) is 3. The Morgan fingerprint density at radius 2 is 1.88 bits per heavy atom. The molecule has 2 unspecified atom stereocenters. The number of allylic oxidation sites excluding steroid dienone is 1. The van der Waals surface area contributed by atoms with Crippen molar-refractivity contribution in [1.82, 2.24) is 10.6 Å². The summed E-state index contributed by atoms with van der Waals surface area (Å²) in [6.45, 7) is 2.15. The predicted octanol–water partition coefficient (Wildman–Crippen LogP) is 3.72. The number of dihydropyridines is 1. The summed E-state index contributed by atoms with van der Waals surface area (Å²) in [6.07, 6.45) is 8.40. The van der Waals surface area contributed by atoms with Gasteiger partial charge in [0.15, 0.2) is 0 Å². The number of halogens is 2. The minimum atomic E-state index is 0.278. The highest BCUT2D eigenvalue weighted by Gasteiger charge is 2.38. The molecule has 1 aromatic rings. The highest BCUT2D eigenvalue weighted by atomic mass is 35.5. The van der Waals surface area contributed by atoms with Crippen molar-refractivity contribution in [2.75, 3.05) is 13.1 Å². The lowest BCUT2D eigenvalue weighted by atomic mass is 9.73. The molecule has 0 bridgehead atoms. The van der Waals surface area contributed by atoms with Gasteiger partial charge in [0.05, 0.1) is 6.04 Å². The molecule has 4 N–H and O–H groups in total. The minimum absolute atomic E-state index is 0.278. The molecular formula is C19H23Cl2N3. The zero-order valence-corrected chi connectivity index (χ0v) is 15.1. The third kappa shape index (κ3) is 2.94. The number of aryl methyl sites for hydroxylation is 1. The van der Waals surface area contributed by atoms with Crippen LogP contribution in [0.1, 0.15) is 36.3 Å². The maximum absolute atomic E-state index is 6.71. The van der Waals surface area contributed by atoms with Gasteiger partial charge in [-0.1, -0.05) is 23.2 Å². The molecular weight excluding hydrogens is 341 g/mol. The van der Waals surface area contributed by atoms with E-state index in [1.54, 1.807) is 0 Å². The third-order valence-electron chi connectivity index (χ3n) is 5.63. The van der Waals surface area contributed by atoms with Gasteiger partial charge in [0.2, 0.25) is 0 Å². The van der Waals surface area contributed by atoms with Gasteiger partial charge in [0.1, 0.15) is 0 Å². The van der Waals surface area contributed by atoms with Crippen molar-refractivity contribution in [1.29, 1.82) is 0 Å². The lowest BCUT2D eigenvalue weighted by Gasteiger charge is -2.38. The van der Waals surface area contributed by atoms with E-state index in [-0.39, 0.29) is 6.04 Å². The van der Waals surface area contributed by atoms with Crippen LogP contribution in [0.4, 0.5) is 0 Å². The summed E-state index contributed by atoms with van der Waals surface area (Å²) in [5.74, 6) is 0.973. The molecule has 1 saturated heterocycles. The molecule has 0 aromatic heterocycles. The second-order valence-electron chi connectivity index (χ2n) is 7.08. The van der Waals surface area contributed by atoms with Gasteiger partial charge in [-0.2, -0.15) is 0 Å². The molecule has 5 heteroatoms. The lowest BCUT2D eigenvalue weighted by Crippen LogP contribution is -2.42. The van der Waals surface area contributed by atoms with Gasteiger partial charge < -0.3 is 16.4 Å². The molecule has 4 rings (SSSR count). The normalized spacial score (nSPS) is 27.2. The van der Waals surface area contributed by atoms with Crippen LogP contribution in [-0.4, -0.2) is 19.1 Å². The third-order valence-corrected chi connectivity index (χ3v) is 6.16. The Hall–Kier alpha value is -1.16. The first-order chi connectivity index (χ1) is 11.6. The number of nitrogens with one attached hydrogen (secondary N) is 2. The summed E-state index contributed by atoms with van der Waals surface area (Å²) in [7, 11) is 0. The molecule has 2 heterocycles. The quantitative estimate of drug-likeness (QED) is 0.712. The first kappa shape index (κ1) is 16.3. The first-order valence-electron chi connectivity index (χ1n) is 8.74. The number of rotatable bonds is 1. The van der Waals surface area contributed by atoms with Gasteiger partial charge in [-0.25, -0.2) is 0 Å². The van der Waals surface area contributed by atoms with Crippen molar-refractivity contribution in [3.63, 3.8) is 0 Å². The predicted molar refractivity (Wildman–Crippen MR) is 100 cm³/mol. The minimum Gasteiger partial charge on any atom is -0.398 e. The molecule has 2 aliphatic heterocycles. The van der Waals surface area contributed by atoms with E-state index in [0.717, 1.165) is 41.7 Å². The Kier molecular flexibility index (Phi) is 4.50. The maximum Gasteiger partial charge on any atom is 0.0544 e. The SMILES string of the molecule is NC1=CNC2C(=C1)CCc1cc(Cl)cc(Cl)c1C2C1CCNCC1. The Morgan fingerprint density at radius 1 is 1.08 bits per heavy atom. The van der Waals surface area contributed by atoms with Crippen LogP contribution in [0.25, 0.3) is 0 Å². The van der Waals surface area contributed by atoms with Crippen molar-refractivity contribution >= 4 is 23.2 Å². The van der Waals surface area contributed by atoms with Crippen LogP contribution in [0.2, 0.25) is 10.0 Å². The van der Waals surface area contributed by atoms with E-state index in [9.17, 15) is 0 Å². The van der Waals surface area contributed by atoms with E-state index in [4.69, 9.17) is 28.9 Å². The van der Waals surface area contributed by atoms with Crippen LogP contribution >= 0.6 is 23.2 Å². The lowest BCUT2D eigenvalue weighted by molar-refractivity contribution is 0.288. The van der Waals surface area contributed by atoms with Crippen molar-refractivity contribution in [3.05, 3.63) is 56.9 Å². The second kappa shape index (κ2) is 6.62.